The van der Waals surface area contributed by atoms with E-state index in [1.165, 1.54) is 6.08 Å². The van der Waals surface area contributed by atoms with E-state index in [2.05, 4.69) is 26.6 Å². The number of anilines is 2. The second kappa shape index (κ2) is 12.9. The standard InChI is InChI=1S/C28H25BrClN3O4/c1-4-36-25-14-19(12-20(15-31)28(35)33-23-11-7-8-17(2)18(23)3)13-21(29)27(25)37-16-26(34)32-24-10-6-5-9-22(24)30/h5-14H,4,16H2,1-3H3,(H,32,34)(H,33,35)/b20-12-. The van der Waals surface area contributed by atoms with Gasteiger partial charge in [-0.2, -0.15) is 5.26 Å². The molecule has 2 N–H and O–H groups in total. The molecule has 0 aromatic heterocycles. The normalized spacial score (nSPS) is 10.9. The summed E-state index contributed by atoms with van der Waals surface area (Å²) < 4.78 is 11.9. The number of hydrogen-bond donors (Lipinski definition) is 2. The van der Waals surface area contributed by atoms with Crippen molar-refractivity contribution in [2.45, 2.75) is 20.8 Å². The van der Waals surface area contributed by atoms with Gasteiger partial charge < -0.3 is 20.1 Å². The molecule has 0 bridgehead atoms. The molecule has 0 heterocycles. The second-order valence-electron chi connectivity index (χ2n) is 7.95. The Morgan fingerprint density at radius 1 is 1.05 bits per heavy atom. The molecule has 0 aliphatic rings. The van der Waals surface area contributed by atoms with Gasteiger partial charge in [0.15, 0.2) is 18.1 Å². The van der Waals surface area contributed by atoms with E-state index in [1.807, 2.05) is 39.0 Å². The highest BCUT2D eigenvalue weighted by Crippen LogP contribution is 2.37. The van der Waals surface area contributed by atoms with Crippen LogP contribution in [0.2, 0.25) is 5.02 Å². The van der Waals surface area contributed by atoms with Gasteiger partial charge in [0.1, 0.15) is 11.6 Å². The van der Waals surface area contributed by atoms with Crippen LogP contribution < -0.4 is 20.1 Å². The lowest BCUT2D eigenvalue weighted by Crippen LogP contribution is -2.20. The van der Waals surface area contributed by atoms with Gasteiger partial charge in [0.05, 0.1) is 21.8 Å². The number of nitrogens with zero attached hydrogens (tertiary/aromatic N) is 1. The molecule has 0 aliphatic carbocycles. The first-order valence-corrected chi connectivity index (χ1v) is 12.5. The number of hydrogen-bond acceptors (Lipinski definition) is 5. The Morgan fingerprint density at radius 2 is 1.78 bits per heavy atom. The quantitative estimate of drug-likeness (QED) is 0.216. The molecule has 0 radical (unpaired) electrons. The number of halogens is 2. The van der Waals surface area contributed by atoms with Gasteiger partial charge in [0, 0.05) is 5.69 Å². The van der Waals surface area contributed by atoms with Gasteiger partial charge in [-0.25, -0.2) is 0 Å². The Hall–Kier alpha value is -3.80. The zero-order chi connectivity index (χ0) is 26.9. The molecular weight excluding hydrogens is 558 g/mol. The minimum absolute atomic E-state index is 0.0805. The number of carbonyl (C=O) groups is 2. The van der Waals surface area contributed by atoms with Crippen molar-refractivity contribution in [1.82, 2.24) is 0 Å². The summed E-state index contributed by atoms with van der Waals surface area (Å²) in [6, 6.07) is 17.7. The number of benzene rings is 3. The summed E-state index contributed by atoms with van der Waals surface area (Å²) in [4.78, 5) is 25.2. The van der Waals surface area contributed by atoms with Crippen molar-refractivity contribution in [1.29, 1.82) is 5.26 Å². The average molecular weight is 583 g/mol. The highest BCUT2D eigenvalue weighted by molar-refractivity contribution is 9.10. The Morgan fingerprint density at radius 3 is 2.49 bits per heavy atom. The van der Waals surface area contributed by atoms with Crippen molar-refractivity contribution in [3.8, 4) is 17.6 Å². The molecule has 0 saturated carbocycles. The van der Waals surface area contributed by atoms with Crippen molar-refractivity contribution < 1.29 is 19.1 Å². The summed E-state index contributed by atoms with van der Waals surface area (Å²) in [7, 11) is 0. The lowest BCUT2D eigenvalue weighted by atomic mass is 10.1. The molecule has 37 heavy (non-hydrogen) atoms. The zero-order valence-corrected chi connectivity index (χ0v) is 22.9. The molecule has 2 amide bonds. The van der Waals surface area contributed by atoms with Crippen LogP contribution in [-0.2, 0) is 9.59 Å². The molecule has 190 valence electrons. The fraction of sp³-hybridized carbons (Fsp3) is 0.179. The Kier molecular flexibility index (Phi) is 9.72. The van der Waals surface area contributed by atoms with Gasteiger partial charge in [-0.1, -0.05) is 35.9 Å². The van der Waals surface area contributed by atoms with Crippen LogP contribution in [-0.4, -0.2) is 25.0 Å². The van der Waals surface area contributed by atoms with Crippen LogP contribution in [0.25, 0.3) is 6.08 Å². The van der Waals surface area contributed by atoms with E-state index in [9.17, 15) is 14.9 Å². The number of rotatable bonds is 9. The van der Waals surface area contributed by atoms with E-state index >= 15 is 0 Å². The van der Waals surface area contributed by atoms with Crippen molar-refractivity contribution in [2.75, 3.05) is 23.8 Å². The maximum absolute atomic E-state index is 12.8. The summed E-state index contributed by atoms with van der Waals surface area (Å²) in [5, 5.41) is 15.5. The number of aryl methyl sites for hydroxylation is 1. The molecule has 0 spiro atoms. The predicted molar refractivity (Wildman–Crippen MR) is 149 cm³/mol. The average Bonchev–Trinajstić information content (AvgIpc) is 2.86. The van der Waals surface area contributed by atoms with Crippen molar-refractivity contribution >= 4 is 56.8 Å². The van der Waals surface area contributed by atoms with Gasteiger partial charge in [-0.05, 0) is 89.8 Å². The highest BCUT2D eigenvalue weighted by atomic mass is 79.9. The molecule has 0 saturated heterocycles. The number of nitrogens with one attached hydrogen (secondary N) is 2. The van der Waals surface area contributed by atoms with E-state index in [0.717, 1.165) is 11.1 Å². The lowest BCUT2D eigenvalue weighted by molar-refractivity contribution is -0.118. The van der Waals surface area contributed by atoms with Crippen LogP contribution in [0, 0.1) is 25.2 Å². The monoisotopic (exact) mass is 581 g/mol. The third-order valence-corrected chi connectivity index (χ3v) is 6.27. The first-order chi connectivity index (χ1) is 17.7. The molecular formula is C28H25BrClN3O4. The topological polar surface area (TPSA) is 100 Å². The maximum Gasteiger partial charge on any atom is 0.266 e. The number of carbonyl (C=O) groups excluding carboxylic acids is 2. The maximum atomic E-state index is 12.8. The molecule has 7 nitrogen and oxygen atoms in total. The largest absolute Gasteiger partial charge is 0.490 e. The molecule has 3 aromatic rings. The van der Waals surface area contributed by atoms with E-state index in [-0.39, 0.29) is 12.2 Å². The molecule has 3 aromatic carbocycles. The number of amides is 2. The van der Waals surface area contributed by atoms with Crippen molar-refractivity contribution in [3.05, 3.63) is 86.4 Å². The van der Waals surface area contributed by atoms with E-state index in [1.54, 1.807) is 42.5 Å². The Balaban J connectivity index is 1.80. The molecule has 0 fully saturated rings. The second-order valence-corrected chi connectivity index (χ2v) is 9.21. The fourth-order valence-corrected chi connectivity index (χ4v) is 4.11. The Bertz CT molecular complexity index is 1400. The summed E-state index contributed by atoms with van der Waals surface area (Å²) in [6.45, 7) is 5.70. The van der Waals surface area contributed by atoms with Gasteiger partial charge in [-0.15, -0.1) is 0 Å². The predicted octanol–water partition coefficient (Wildman–Crippen LogP) is 6.68. The minimum Gasteiger partial charge on any atom is -0.490 e. The van der Waals surface area contributed by atoms with E-state index in [0.29, 0.717) is 44.5 Å². The summed E-state index contributed by atoms with van der Waals surface area (Å²) in [6.07, 6.45) is 1.46. The van der Waals surface area contributed by atoms with Crippen molar-refractivity contribution in [3.63, 3.8) is 0 Å². The smallest absolute Gasteiger partial charge is 0.266 e. The molecule has 9 heteroatoms. The molecule has 3 rings (SSSR count). The fourth-order valence-electron chi connectivity index (χ4n) is 3.35. The zero-order valence-electron chi connectivity index (χ0n) is 20.5. The summed E-state index contributed by atoms with van der Waals surface area (Å²) in [5.74, 6) is -0.268. The lowest BCUT2D eigenvalue weighted by Gasteiger charge is -2.15. The van der Waals surface area contributed by atoms with Gasteiger partial charge in [-0.3, -0.25) is 9.59 Å². The van der Waals surface area contributed by atoms with Gasteiger partial charge in [0.2, 0.25) is 0 Å². The van der Waals surface area contributed by atoms with Crippen LogP contribution in [0.3, 0.4) is 0 Å². The van der Waals surface area contributed by atoms with Crippen LogP contribution >= 0.6 is 27.5 Å². The molecule has 0 unspecified atom stereocenters. The van der Waals surface area contributed by atoms with Gasteiger partial charge >= 0.3 is 0 Å². The number of ether oxygens (including phenoxy) is 2. The van der Waals surface area contributed by atoms with Crippen LogP contribution in [0.1, 0.15) is 23.6 Å². The van der Waals surface area contributed by atoms with E-state index in [4.69, 9.17) is 21.1 Å². The highest BCUT2D eigenvalue weighted by Gasteiger charge is 2.16. The third kappa shape index (κ3) is 7.35. The third-order valence-electron chi connectivity index (χ3n) is 5.36. The first kappa shape index (κ1) is 27.8. The first-order valence-electron chi connectivity index (χ1n) is 11.4. The summed E-state index contributed by atoms with van der Waals surface area (Å²) in [5.41, 5.74) is 3.53. The molecule has 0 atom stereocenters. The van der Waals surface area contributed by atoms with Gasteiger partial charge in [0.25, 0.3) is 11.8 Å². The number of para-hydroxylation sites is 1. The molecule has 0 aliphatic heterocycles. The van der Waals surface area contributed by atoms with E-state index < -0.39 is 11.8 Å². The summed E-state index contributed by atoms with van der Waals surface area (Å²) >= 11 is 9.54. The number of nitriles is 1. The van der Waals surface area contributed by atoms with Crippen LogP contribution in [0.4, 0.5) is 11.4 Å². The van der Waals surface area contributed by atoms with Crippen LogP contribution in [0.15, 0.2) is 64.6 Å². The SMILES string of the molecule is CCOc1cc(/C=C(/C#N)C(=O)Nc2cccc(C)c2C)cc(Br)c1OCC(=O)Nc1ccccc1Cl. The van der Waals surface area contributed by atoms with Crippen LogP contribution in [0.5, 0.6) is 11.5 Å². The minimum atomic E-state index is -0.526. The Labute approximate surface area is 229 Å². The van der Waals surface area contributed by atoms with Crippen molar-refractivity contribution in [2.24, 2.45) is 0 Å².